The molecule has 1 saturated heterocycles. The molecule has 0 aromatic rings. The minimum Gasteiger partial charge on any atom is -0.396 e. The predicted octanol–water partition coefficient (Wildman–Crippen LogP) is 0.901. The summed E-state index contributed by atoms with van der Waals surface area (Å²) in [6.07, 6.45) is 3.05. The van der Waals surface area contributed by atoms with Crippen molar-refractivity contribution in [3.63, 3.8) is 0 Å². The van der Waals surface area contributed by atoms with E-state index in [-0.39, 0.29) is 24.2 Å². The molecule has 13 heavy (non-hydrogen) atoms. The maximum atomic E-state index is 9.02. The Kier molecular flexibility index (Phi) is 3.71. The van der Waals surface area contributed by atoms with Gasteiger partial charge in [0.05, 0.1) is 6.10 Å². The van der Waals surface area contributed by atoms with Crippen molar-refractivity contribution in [3.8, 4) is 0 Å². The number of ether oxygens (including phenoxy) is 1. The van der Waals surface area contributed by atoms with E-state index >= 15 is 0 Å². The maximum absolute atomic E-state index is 9.02. The molecule has 3 nitrogen and oxygen atoms in total. The molecular weight excluding hydrogens is 166 g/mol. The van der Waals surface area contributed by atoms with Gasteiger partial charge in [0.25, 0.3) is 0 Å². The molecule has 1 rings (SSSR count). The van der Waals surface area contributed by atoms with Crippen LogP contribution in [0.5, 0.6) is 0 Å². The first-order valence-electron chi connectivity index (χ1n) is 5.09. The van der Waals surface area contributed by atoms with E-state index in [1.807, 2.05) is 6.92 Å². The molecule has 3 atom stereocenters. The Morgan fingerprint density at radius 2 is 2.38 bits per heavy atom. The van der Waals surface area contributed by atoms with Crippen molar-refractivity contribution in [3.05, 3.63) is 0 Å². The van der Waals surface area contributed by atoms with E-state index in [2.05, 4.69) is 6.92 Å². The zero-order valence-corrected chi connectivity index (χ0v) is 8.62. The van der Waals surface area contributed by atoms with Crippen LogP contribution >= 0.6 is 0 Å². The number of hydrogen-bond acceptors (Lipinski definition) is 3. The van der Waals surface area contributed by atoms with Gasteiger partial charge in [-0.2, -0.15) is 0 Å². The lowest BCUT2D eigenvalue weighted by Crippen LogP contribution is -2.46. The fraction of sp³-hybridized carbons (Fsp3) is 1.00. The van der Waals surface area contributed by atoms with Crippen molar-refractivity contribution < 1.29 is 9.84 Å². The summed E-state index contributed by atoms with van der Waals surface area (Å²) in [4.78, 5) is 0. The minimum atomic E-state index is 0.104. The molecule has 3 N–H and O–H groups in total. The highest BCUT2D eigenvalue weighted by Crippen LogP contribution is 2.38. The third kappa shape index (κ3) is 2.42. The summed E-state index contributed by atoms with van der Waals surface area (Å²) in [7, 11) is 0. The molecule has 0 aromatic heterocycles. The number of nitrogens with two attached hydrogens (primary N) is 1. The normalized spacial score (nSPS) is 37.4. The van der Waals surface area contributed by atoms with Crippen LogP contribution in [0.2, 0.25) is 0 Å². The molecule has 0 aliphatic carbocycles. The van der Waals surface area contributed by atoms with E-state index in [0.29, 0.717) is 0 Å². The van der Waals surface area contributed by atoms with E-state index in [4.69, 9.17) is 15.6 Å². The third-order valence-electron chi connectivity index (χ3n) is 3.27. The Balaban J connectivity index is 2.64. The van der Waals surface area contributed by atoms with Gasteiger partial charge in [0.15, 0.2) is 0 Å². The van der Waals surface area contributed by atoms with Crippen LogP contribution in [-0.2, 0) is 4.74 Å². The van der Waals surface area contributed by atoms with Gasteiger partial charge in [-0.05, 0) is 38.5 Å². The van der Waals surface area contributed by atoms with E-state index in [1.54, 1.807) is 0 Å². The Morgan fingerprint density at radius 3 is 2.85 bits per heavy atom. The topological polar surface area (TPSA) is 55.5 Å². The number of hydrogen-bond donors (Lipinski definition) is 2. The first-order chi connectivity index (χ1) is 6.10. The predicted molar refractivity (Wildman–Crippen MR) is 52.4 cm³/mol. The van der Waals surface area contributed by atoms with Crippen LogP contribution in [-0.4, -0.2) is 30.5 Å². The Labute approximate surface area is 80.3 Å². The lowest BCUT2D eigenvalue weighted by atomic mass is 9.71. The van der Waals surface area contributed by atoms with Gasteiger partial charge in [0.1, 0.15) is 0 Å². The summed E-state index contributed by atoms with van der Waals surface area (Å²) < 4.78 is 5.49. The summed E-state index contributed by atoms with van der Waals surface area (Å²) >= 11 is 0. The van der Waals surface area contributed by atoms with E-state index in [0.717, 1.165) is 25.9 Å². The molecule has 0 amide bonds. The van der Waals surface area contributed by atoms with Crippen molar-refractivity contribution in [2.45, 2.75) is 45.3 Å². The summed E-state index contributed by atoms with van der Waals surface area (Å²) in [5.41, 5.74) is 6.09. The Hall–Kier alpha value is -0.120. The Bertz CT molecular complexity index is 157. The third-order valence-corrected chi connectivity index (χ3v) is 3.27. The standard InChI is InChI=1S/C10H21NO2/c1-8-7-10(3-5-12,9(2)11)4-6-13-8/h8-9,12H,3-7,11H2,1-2H3. The second kappa shape index (κ2) is 4.40. The molecule has 1 fully saturated rings. The quantitative estimate of drug-likeness (QED) is 0.690. The zero-order valence-electron chi connectivity index (χ0n) is 8.62. The fourth-order valence-electron chi connectivity index (χ4n) is 2.29. The van der Waals surface area contributed by atoms with Crippen LogP contribution in [0, 0.1) is 5.41 Å². The number of rotatable bonds is 3. The molecule has 0 aromatic carbocycles. The first kappa shape index (κ1) is 11.0. The highest BCUT2D eigenvalue weighted by molar-refractivity contribution is 4.90. The molecular formula is C10H21NO2. The van der Waals surface area contributed by atoms with E-state index in [9.17, 15) is 0 Å². The van der Waals surface area contributed by atoms with Crippen LogP contribution in [0.25, 0.3) is 0 Å². The van der Waals surface area contributed by atoms with Crippen LogP contribution < -0.4 is 5.73 Å². The highest BCUT2D eigenvalue weighted by atomic mass is 16.5. The van der Waals surface area contributed by atoms with Gasteiger partial charge >= 0.3 is 0 Å². The Morgan fingerprint density at radius 1 is 1.69 bits per heavy atom. The summed E-state index contributed by atoms with van der Waals surface area (Å²) in [5.74, 6) is 0. The van der Waals surface area contributed by atoms with Crippen LogP contribution in [0.15, 0.2) is 0 Å². The van der Waals surface area contributed by atoms with Gasteiger partial charge in [-0.15, -0.1) is 0 Å². The van der Waals surface area contributed by atoms with Gasteiger partial charge in [0.2, 0.25) is 0 Å². The molecule has 3 unspecified atom stereocenters. The number of aliphatic hydroxyl groups excluding tert-OH is 1. The second-order valence-electron chi connectivity index (χ2n) is 4.26. The van der Waals surface area contributed by atoms with Crippen LogP contribution in [0.1, 0.15) is 33.1 Å². The number of aliphatic hydroxyl groups is 1. The molecule has 0 saturated carbocycles. The van der Waals surface area contributed by atoms with Crippen molar-refractivity contribution >= 4 is 0 Å². The van der Waals surface area contributed by atoms with Crippen molar-refractivity contribution in [1.29, 1.82) is 0 Å². The molecule has 0 bridgehead atoms. The molecule has 78 valence electrons. The molecule has 1 aliphatic heterocycles. The summed E-state index contributed by atoms with van der Waals surface area (Å²) in [6, 6.07) is 0.144. The van der Waals surface area contributed by atoms with Gasteiger partial charge in [-0.1, -0.05) is 0 Å². The first-order valence-corrected chi connectivity index (χ1v) is 5.09. The molecule has 1 heterocycles. The zero-order chi connectivity index (χ0) is 9.90. The highest BCUT2D eigenvalue weighted by Gasteiger charge is 2.38. The second-order valence-corrected chi connectivity index (χ2v) is 4.26. The smallest absolute Gasteiger partial charge is 0.0552 e. The molecule has 0 radical (unpaired) electrons. The SMILES string of the molecule is CC1CC(CCO)(C(C)N)CCO1. The van der Waals surface area contributed by atoms with E-state index < -0.39 is 0 Å². The minimum absolute atomic E-state index is 0.104. The molecule has 3 heteroatoms. The molecule has 0 spiro atoms. The van der Waals surface area contributed by atoms with Gasteiger partial charge in [-0.25, -0.2) is 0 Å². The van der Waals surface area contributed by atoms with Gasteiger partial charge < -0.3 is 15.6 Å². The summed E-state index contributed by atoms with van der Waals surface area (Å²) in [6.45, 7) is 5.12. The largest absolute Gasteiger partial charge is 0.396 e. The monoisotopic (exact) mass is 187 g/mol. The average molecular weight is 187 g/mol. The average Bonchev–Trinajstić information content (AvgIpc) is 2.04. The lowest BCUT2D eigenvalue weighted by Gasteiger charge is -2.42. The lowest BCUT2D eigenvalue weighted by molar-refractivity contribution is -0.0555. The van der Waals surface area contributed by atoms with Crippen molar-refractivity contribution in [2.75, 3.05) is 13.2 Å². The van der Waals surface area contributed by atoms with Gasteiger partial charge in [-0.3, -0.25) is 0 Å². The van der Waals surface area contributed by atoms with Crippen molar-refractivity contribution in [1.82, 2.24) is 0 Å². The van der Waals surface area contributed by atoms with Crippen LogP contribution in [0.3, 0.4) is 0 Å². The maximum Gasteiger partial charge on any atom is 0.0552 e. The summed E-state index contributed by atoms with van der Waals surface area (Å²) in [5, 5.41) is 9.02. The van der Waals surface area contributed by atoms with E-state index in [1.165, 1.54) is 0 Å². The fourth-order valence-corrected chi connectivity index (χ4v) is 2.29. The van der Waals surface area contributed by atoms with Gasteiger partial charge in [0, 0.05) is 19.3 Å². The van der Waals surface area contributed by atoms with Crippen LogP contribution in [0.4, 0.5) is 0 Å². The molecule has 1 aliphatic rings. The van der Waals surface area contributed by atoms with Crippen molar-refractivity contribution in [2.24, 2.45) is 11.1 Å².